The smallest absolute Gasteiger partial charge is 0.343 e. The van der Waals surface area contributed by atoms with Crippen LogP contribution in [0.4, 0.5) is 34.6 Å². The van der Waals surface area contributed by atoms with Crippen LogP contribution in [0.5, 0.6) is 0 Å². The molecular weight excluding hydrogens is 578 g/mol. The van der Waals surface area contributed by atoms with Crippen molar-refractivity contribution in [1.29, 1.82) is 0 Å². The van der Waals surface area contributed by atoms with Gasteiger partial charge in [0, 0.05) is 14.1 Å². The second kappa shape index (κ2) is 11.6. The minimum atomic E-state index is -0.708. The fraction of sp³-hybridized carbons (Fsp3) is 0.261. The number of nitrogens with zero attached hydrogens (tertiary/aromatic N) is 15. The van der Waals surface area contributed by atoms with Crippen LogP contribution in [0.2, 0.25) is 0 Å². The van der Waals surface area contributed by atoms with Crippen LogP contribution in [0, 0.1) is 13.8 Å². The zero-order valence-corrected chi connectivity index (χ0v) is 24.0. The highest BCUT2D eigenvalue weighted by Crippen LogP contribution is 2.32. The predicted molar refractivity (Wildman–Crippen MR) is 150 cm³/mol. The summed E-state index contributed by atoms with van der Waals surface area (Å²) in [5.41, 5.74) is 14.0. The lowest BCUT2D eigenvalue weighted by molar-refractivity contribution is 0.0601. The molecule has 0 atom stereocenters. The highest BCUT2D eigenvalue weighted by atomic mass is 16.5. The number of ketones is 1. The summed E-state index contributed by atoms with van der Waals surface area (Å²) in [7, 11) is 4.41. The zero-order valence-electron chi connectivity index (χ0n) is 24.0. The van der Waals surface area contributed by atoms with Crippen molar-refractivity contribution in [1.82, 2.24) is 54.1 Å². The molecule has 0 aliphatic rings. The lowest BCUT2D eigenvalue weighted by Crippen LogP contribution is -2.12. The summed E-state index contributed by atoms with van der Waals surface area (Å²) in [4.78, 5) is 36.8. The average Bonchev–Trinajstić information content (AvgIpc) is 3.74. The number of nitrogens with two attached hydrogens (primary N) is 2. The summed E-state index contributed by atoms with van der Waals surface area (Å²) in [5, 5.41) is 42.6. The molecule has 21 heteroatoms. The third-order valence-corrected chi connectivity index (χ3v) is 6.21. The SMILES string of the molecule is COC(=O)c1cnn(C)c1/N=N/c1c(C)nn(-c2ncnc(-n3nc(C)c(/N=N/c4c(C(=O)CO)cnn4C)c3N)n2)c1N. The molecule has 0 radical (unpaired) electrons. The Labute approximate surface area is 246 Å². The lowest BCUT2D eigenvalue weighted by atomic mass is 10.2. The maximum absolute atomic E-state index is 12.0. The van der Waals surface area contributed by atoms with Crippen LogP contribution in [0.1, 0.15) is 32.1 Å². The van der Waals surface area contributed by atoms with Crippen LogP contribution in [0.3, 0.4) is 0 Å². The number of hydrogen-bond acceptors (Lipinski definition) is 17. The summed E-state index contributed by atoms with van der Waals surface area (Å²) in [6, 6.07) is 0. The van der Waals surface area contributed by atoms with E-state index in [1.807, 2.05) is 0 Å². The molecule has 0 aliphatic heterocycles. The fourth-order valence-corrected chi connectivity index (χ4v) is 3.94. The maximum Gasteiger partial charge on any atom is 0.343 e. The Balaban J connectivity index is 1.47. The normalized spacial score (nSPS) is 11.7. The molecule has 0 saturated heterocycles. The summed E-state index contributed by atoms with van der Waals surface area (Å²) in [6.45, 7) is 2.59. The Morgan fingerprint density at radius 1 is 0.841 bits per heavy atom. The van der Waals surface area contributed by atoms with E-state index in [1.54, 1.807) is 27.9 Å². The van der Waals surface area contributed by atoms with E-state index in [0.29, 0.717) is 11.4 Å². The largest absolute Gasteiger partial charge is 0.465 e. The van der Waals surface area contributed by atoms with Gasteiger partial charge >= 0.3 is 5.97 Å². The van der Waals surface area contributed by atoms with Crippen molar-refractivity contribution >= 4 is 46.4 Å². The van der Waals surface area contributed by atoms with Crippen molar-refractivity contribution in [3.05, 3.63) is 41.2 Å². The highest BCUT2D eigenvalue weighted by Gasteiger charge is 2.22. The number of aryl methyl sites for hydroxylation is 4. The van der Waals surface area contributed by atoms with E-state index >= 15 is 0 Å². The van der Waals surface area contributed by atoms with Gasteiger partial charge < -0.3 is 21.3 Å². The van der Waals surface area contributed by atoms with Crippen LogP contribution >= 0.6 is 0 Å². The Hall–Kier alpha value is -6.25. The van der Waals surface area contributed by atoms with E-state index in [0.717, 1.165) is 0 Å². The topological polar surface area (TPSA) is 275 Å². The molecule has 5 aromatic heterocycles. The zero-order chi connectivity index (χ0) is 31.7. The van der Waals surface area contributed by atoms with Crippen LogP contribution in [0.15, 0.2) is 39.2 Å². The molecule has 0 fully saturated rings. The van der Waals surface area contributed by atoms with Crippen molar-refractivity contribution in [3.63, 3.8) is 0 Å². The van der Waals surface area contributed by atoms with E-state index in [2.05, 4.69) is 55.8 Å². The number of Topliss-reactive ketones (excluding diaryl/α,β-unsaturated/α-hetero) is 1. The molecule has 5 rings (SSSR count). The van der Waals surface area contributed by atoms with Crippen LogP contribution in [-0.2, 0) is 18.8 Å². The molecule has 226 valence electrons. The second-order valence-electron chi connectivity index (χ2n) is 9.03. The number of ether oxygens (including phenoxy) is 1. The first-order valence-electron chi connectivity index (χ1n) is 12.6. The molecule has 0 saturated carbocycles. The number of methoxy groups -OCH3 is 1. The number of carbonyl (C=O) groups is 2. The van der Waals surface area contributed by atoms with Gasteiger partial charge in [-0.05, 0) is 13.8 Å². The van der Waals surface area contributed by atoms with Gasteiger partial charge in [-0.25, -0.2) is 14.2 Å². The first kappa shape index (κ1) is 29.2. The predicted octanol–water partition coefficient (Wildman–Crippen LogP) is 1.28. The quantitative estimate of drug-likeness (QED) is 0.122. The molecule has 5 aromatic rings. The summed E-state index contributed by atoms with van der Waals surface area (Å²) in [6.07, 6.45) is 3.82. The lowest BCUT2D eigenvalue weighted by Gasteiger charge is -2.05. The molecule has 5 N–H and O–H groups in total. The number of aliphatic hydroxyl groups excluding tert-OH is 1. The standard InChI is InChI=1S/C23H25N17O4/c1-10-15(31-33-19-12(14(42)8-41)6-28-37(19)3)17(24)39(35-10)22-26-9-27-23(30-22)40-18(25)16(11(2)36-40)32-34-20-13(21(43)44-5)7-29-38(20)4/h6-7,9,41H,8,24-25H2,1-5H3/b33-31+,34-32+. The minimum Gasteiger partial charge on any atom is -0.465 e. The number of azo groups is 2. The Morgan fingerprint density at radius 2 is 1.32 bits per heavy atom. The van der Waals surface area contributed by atoms with Gasteiger partial charge in [0.25, 0.3) is 11.9 Å². The number of rotatable bonds is 9. The number of hydrogen-bond donors (Lipinski definition) is 3. The number of carbonyl (C=O) groups excluding carboxylic acids is 2. The number of nitrogen functional groups attached to an aromatic ring is 2. The second-order valence-corrected chi connectivity index (χ2v) is 9.03. The van der Waals surface area contributed by atoms with Gasteiger partial charge in [0.2, 0.25) is 0 Å². The third-order valence-electron chi connectivity index (χ3n) is 6.21. The van der Waals surface area contributed by atoms with Gasteiger partial charge in [0.1, 0.15) is 18.5 Å². The van der Waals surface area contributed by atoms with Crippen molar-refractivity contribution in [2.75, 3.05) is 25.2 Å². The highest BCUT2D eigenvalue weighted by molar-refractivity contribution is 6.00. The van der Waals surface area contributed by atoms with Crippen LogP contribution < -0.4 is 11.5 Å². The summed E-state index contributed by atoms with van der Waals surface area (Å²) in [5.74, 6) is -0.783. The van der Waals surface area contributed by atoms with Crippen LogP contribution in [-0.4, -0.2) is 84.6 Å². The van der Waals surface area contributed by atoms with E-state index < -0.39 is 18.4 Å². The van der Waals surface area contributed by atoms with Crippen molar-refractivity contribution in [2.45, 2.75) is 13.8 Å². The Morgan fingerprint density at radius 3 is 1.80 bits per heavy atom. The van der Waals surface area contributed by atoms with Crippen molar-refractivity contribution in [2.24, 2.45) is 34.6 Å². The molecule has 44 heavy (non-hydrogen) atoms. The Kier molecular flexibility index (Phi) is 7.68. The Bertz CT molecular complexity index is 1820. The van der Waals surface area contributed by atoms with Gasteiger partial charge in [0.15, 0.2) is 40.4 Å². The third kappa shape index (κ3) is 5.13. The van der Waals surface area contributed by atoms with Gasteiger partial charge in [-0.2, -0.15) is 44.7 Å². The van der Waals surface area contributed by atoms with E-state index in [-0.39, 0.29) is 57.7 Å². The fourth-order valence-electron chi connectivity index (χ4n) is 3.94. The molecule has 0 aliphatic carbocycles. The van der Waals surface area contributed by atoms with Gasteiger partial charge in [0.05, 0.1) is 36.5 Å². The van der Waals surface area contributed by atoms with Gasteiger partial charge in [-0.1, -0.05) is 0 Å². The maximum atomic E-state index is 12.0. The molecule has 0 bridgehead atoms. The summed E-state index contributed by atoms with van der Waals surface area (Å²) < 4.78 is 9.91. The van der Waals surface area contributed by atoms with Crippen molar-refractivity contribution in [3.8, 4) is 11.9 Å². The molecule has 0 amide bonds. The van der Waals surface area contributed by atoms with Gasteiger partial charge in [-0.3, -0.25) is 4.79 Å². The van der Waals surface area contributed by atoms with E-state index in [4.69, 9.17) is 16.2 Å². The number of esters is 1. The number of aliphatic hydroxyl groups is 1. The van der Waals surface area contributed by atoms with Crippen molar-refractivity contribution < 1.29 is 19.4 Å². The number of aromatic nitrogens is 11. The molecule has 5 heterocycles. The molecule has 0 spiro atoms. The first-order chi connectivity index (χ1) is 21.0. The monoisotopic (exact) mass is 603 g/mol. The average molecular weight is 604 g/mol. The summed E-state index contributed by atoms with van der Waals surface area (Å²) >= 11 is 0. The van der Waals surface area contributed by atoms with Gasteiger partial charge in [-0.15, -0.1) is 20.5 Å². The molecule has 21 nitrogen and oxygen atoms in total. The molecular formula is C23H25N17O4. The molecule has 0 unspecified atom stereocenters. The van der Waals surface area contributed by atoms with Crippen LogP contribution in [0.25, 0.3) is 11.9 Å². The molecule has 0 aromatic carbocycles. The van der Waals surface area contributed by atoms with E-state index in [1.165, 1.54) is 44.6 Å². The number of anilines is 2. The first-order valence-corrected chi connectivity index (χ1v) is 12.6. The van der Waals surface area contributed by atoms with E-state index in [9.17, 15) is 14.7 Å². The minimum absolute atomic E-state index is 0.0158.